The third kappa shape index (κ3) is 5.77. The maximum Gasteiger partial charge on any atom is 0.407 e. The maximum absolute atomic E-state index is 11.2. The van der Waals surface area contributed by atoms with E-state index in [4.69, 9.17) is 13.7 Å². The van der Waals surface area contributed by atoms with E-state index < -0.39 is 22.3 Å². The molecule has 21 heavy (non-hydrogen) atoms. The number of rotatable bonds is 8. The van der Waals surface area contributed by atoms with E-state index in [1.54, 1.807) is 7.11 Å². The summed E-state index contributed by atoms with van der Waals surface area (Å²) in [6.07, 6.45) is 0.284. The van der Waals surface area contributed by atoms with Crippen molar-refractivity contribution in [2.24, 2.45) is 5.92 Å². The van der Waals surface area contributed by atoms with Crippen molar-refractivity contribution < 1.29 is 32.0 Å². The van der Waals surface area contributed by atoms with Gasteiger partial charge in [-0.1, -0.05) is 6.92 Å². The largest absolute Gasteiger partial charge is 0.465 e. The van der Waals surface area contributed by atoms with Gasteiger partial charge < -0.3 is 19.5 Å². The summed E-state index contributed by atoms with van der Waals surface area (Å²) < 4.78 is 37.5. The molecule has 1 saturated heterocycles. The zero-order valence-corrected chi connectivity index (χ0v) is 13.3. The molecule has 1 fully saturated rings. The lowest BCUT2D eigenvalue weighted by Crippen LogP contribution is -2.40. The SMILES string of the molecule is COCCCO[C@H]1CN(C(=O)O)[C@@H](COS(C)(=O)=O)[C@@H]1C. The molecule has 3 atom stereocenters. The lowest BCUT2D eigenvalue weighted by Gasteiger charge is -2.23. The van der Waals surface area contributed by atoms with Gasteiger partial charge in [0.15, 0.2) is 0 Å². The third-order valence-corrected chi connectivity index (χ3v) is 4.06. The van der Waals surface area contributed by atoms with Crippen LogP contribution in [0.25, 0.3) is 0 Å². The lowest BCUT2D eigenvalue weighted by molar-refractivity contribution is 0.0240. The monoisotopic (exact) mass is 325 g/mol. The van der Waals surface area contributed by atoms with Gasteiger partial charge in [-0.2, -0.15) is 8.42 Å². The van der Waals surface area contributed by atoms with Crippen LogP contribution in [0.1, 0.15) is 13.3 Å². The lowest BCUT2D eigenvalue weighted by atomic mass is 10.0. The summed E-state index contributed by atoms with van der Waals surface area (Å²) in [5.41, 5.74) is 0. The van der Waals surface area contributed by atoms with Gasteiger partial charge >= 0.3 is 6.09 Å². The molecule has 0 aromatic carbocycles. The Labute approximate surface area is 125 Å². The first kappa shape index (κ1) is 18.1. The number of amides is 1. The van der Waals surface area contributed by atoms with E-state index in [-0.39, 0.29) is 25.2 Å². The van der Waals surface area contributed by atoms with Crippen LogP contribution in [-0.2, 0) is 23.8 Å². The van der Waals surface area contributed by atoms with Gasteiger partial charge in [-0.25, -0.2) is 4.79 Å². The Morgan fingerprint density at radius 3 is 2.57 bits per heavy atom. The number of likely N-dealkylation sites (tertiary alicyclic amines) is 1. The fourth-order valence-electron chi connectivity index (χ4n) is 2.32. The van der Waals surface area contributed by atoms with Crippen molar-refractivity contribution in [2.75, 3.05) is 39.7 Å². The minimum Gasteiger partial charge on any atom is -0.465 e. The highest BCUT2D eigenvalue weighted by Crippen LogP contribution is 2.27. The normalized spacial score (nSPS) is 26.2. The number of carboxylic acid groups (broad SMARTS) is 1. The summed E-state index contributed by atoms with van der Waals surface area (Å²) in [4.78, 5) is 12.4. The Morgan fingerprint density at radius 2 is 2.05 bits per heavy atom. The molecular weight excluding hydrogens is 302 g/mol. The molecule has 0 aromatic heterocycles. The van der Waals surface area contributed by atoms with Gasteiger partial charge in [0.25, 0.3) is 10.1 Å². The van der Waals surface area contributed by atoms with Crippen LogP contribution < -0.4 is 0 Å². The molecule has 0 aliphatic carbocycles. The van der Waals surface area contributed by atoms with Crippen LogP contribution in [-0.4, -0.2) is 76.4 Å². The number of hydrogen-bond acceptors (Lipinski definition) is 6. The number of nitrogens with zero attached hydrogens (tertiary/aromatic N) is 1. The maximum atomic E-state index is 11.2. The fraction of sp³-hybridized carbons (Fsp3) is 0.917. The van der Waals surface area contributed by atoms with Gasteiger partial charge in [-0.15, -0.1) is 0 Å². The van der Waals surface area contributed by atoms with Gasteiger partial charge in [0.05, 0.1) is 31.6 Å². The molecule has 0 spiro atoms. The number of hydrogen-bond donors (Lipinski definition) is 1. The second-order valence-corrected chi connectivity index (χ2v) is 6.75. The predicted octanol–water partition coefficient (Wildman–Crippen LogP) is 0.383. The predicted molar refractivity (Wildman–Crippen MR) is 74.7 cm³/mol. The average molecular weight is 325 g/mol. The summed E-state index contributed by atoms with van der Waals surface area (Å²) >= 11 is 0. The minimum atomic E-state index is -3.60. The molecule has 1 N–H and O–H groups in total. The Balaban J connectivity index is 2.60. The molecule has 0 radical (unpaired) electrons. The van der Waals surface area contributed by atoms with Gasteiger partial charge in [0.2, 0.25) is 0 Å². The van der Waals surface area contributed by atoms with E-state index in [2.05, 4.69) is 0 Å². The Kier molecular flexibility index (Phi) is 6.85. The standard InChI is InChI=1S/C12H23NO7S/c1-9-10(8-20-21(3,16)17)13(12(14)15)7-11(9)19-6-4-5-18-2/h9-11H,4-8H2,1-3H3,(H,14,15)/t9-,10-,11-/m0/s1. The zero-order chi connectivity index (χ0) is 16.0. The summed E-state index contributed by atoms with van der Waals surface area (Å²) in [7, 11) is -2.00. The van der Waals surface area contributed by atoms with Crippen molar-refractivity contribution in [3.05, 3.63) is 0 Å². The van der Waals surface area contributed by atoms with E-state index in [0.717, 1.165) is 12.7 Å². The molecule has 9 heteroatoms. The van der Waals surface area contributed by atoms with Crippen molar-refractivity contribution in [1.29, 1.82) is 0 Å². The second-order valence-electron chi connectivity index (χ2n) is 5.11. The quantitative estimate of drug-likeness (QED) is 0.508. The highest BCUT2D eigenvalue weighted by Gasteiger charge is 2.42. The van der Waals surface area contributed by atoms with Crippen LogP contribution in [0.5, 0.6) is 0 Å². The van der Waals surface area contributed by atoms with E-state index >= 15 is 0 Å². The molecule has 1 rings (SSSR count). The number of carbonyl (C=O) groups is 1. The van der Waals surface area contributed by atoms with Crippen molar-refractivity contribution in [2.45, 2.75) is 25.5 Å². The molecule has 0 saturated carbocycles. The Morgan fingerprint density at radius 1 is 1.38 bits per heavy atom. The molecule has 1 aliphatic rings. The first-order valence-electron chi connectivity index (χ1n) is 6.70. The number of ether oxygens (including phenoxy) is 2. The van der Waals surface area contributed by atoms with Gasteiger partial charge in [0.1, 0.15) is 0 Å². The zero-order valence-electron chi connectivity index (χ0n) is 12.5. The molecule has 0 unspecified atom stereocenters. The number of methoxy groups -OCH3 is 1. The van der Waals surface area contributed by atoms with Crippen molar-refractivity contribution >= 4 is 16.2 Å². The minimum absolute atomic E-state index is 0.148. The fourth-order valence-corrected chi connectivity index (χ4v) is 2.71. The van der Waals surface area contributed by atoms with Crippen LogP contribution in [0.4, 0.5) is 4.79 Å². The second kappa shape index (κ2) is 7.92. The van der Waals surface area contributed by atoms with E-state index in [9.17, 15) is 18.3 Å². The molecule has 1 heterocycles. The van der Waals surface area contributed by atoms with Crippen LogP contribution in [0.15, 0.2) is 0 Å². The van der Waals surface area contributed by atoms with Crippen LogP contribution >= 0.6 is 0 Å². The van der Waals surface area contributed by atoms with Crippen LogP contribution in [0.3, 0.4) is 0 Å². The van der Waals surface area contributed by atoms with Gasteiger partial charge in [-0.05, 0) is 6.42 Å². The third-order valence-electron chi connectivity index (χ3n) is 3.49. The van der Waals surface area contributed by atoms with E-state index in [0.29, 0.717) is 13.2 Å². The topological polar surface area (TPSA) is 102 Å². The van der Waals surface area contributed by atoms with Gasteiger partial charge in [0, 0.05) is 26.2 Å². The molecule has 0 aromatic rings. The first-order valence-corrected chi connectivity index (χ1v) is 8.52. The van der Waals surface area contributed by atoms with Crippen molar-refractivity contribution in [3.63, 3.8) is 0 Å². The molecule has 1 amide bonds. The molecule has 8 nitrogen and oxygen atoms in total. The summed E-state index contributed by atoms with van der Waals surface area (Å²) in [5, 5.41) is 9.20. The Bertz CT molecular complexity index is 439. The summed E-state index contributed by atoms with van der Waals surface area (Å²) in [5.74, 6) is -0.148. The Hall–Kier alpha value is -0.900. The molecule has 1 aliphatic heterocycles. The van der Waals surface area contributed by atoms with Crippen LogP contribution in [0.2, 0.25) is 0 Å². The molecule has 124 valence electrons. The first-order chi connectivity index (χ1) is 9.76. The summed E-state index contributed by atoms with van der Waals surface area (Å²) in [6.45, 7) is 2.89. The van der Waals surface area contributed by atoms with Crippen LogP contribution in [0, 0.1) is 5.92 Å². The average Bonchev–Trinajstić information content (AvgIpc) is 2.69. The van der Waals surface area contributed by atoms with Gasteiger partial charge in [-0.3, -0.25) is 4.18 Å². The highest BCUT2D eigenvalue weighted by molar-refractivity contribution is 7.85. The van der Waals surface area contributed by atoms with Crippen molar-refractivity contribution in [1.82, 2.24) is 4.90 Å². The van der Waals surface area contributed by atoms with Crippen molar-refractivity contribution in [3.8, 4) is 0 Å². The van der Waals surface area contributed by atoms with E-state index in [1.807, 2.05) is 6.92 Å². The highest BCUT2D eigenvalue weighted by atomic mass is 32.2. The van der Waals surface area contributed by atoms with E-state index in [1.165, 1.54) is 4.90 Å². The smallest absolute Gasteiger partial charge is 0.407 e. The summed E-state index contributed by atoms with van der Waals surface area (Å²) in [6, 6.07) is -0.537. The molecule has 0 bridgehead atoms. The molecular formula is C12H23NO7S.